The summed E-state index contributed by atoms with van der Waals surface area (Å²) in [5, 5.41) is 0. The Morgan fingerprint density at radius 3 is 2.45 bits per heavy atom. The quantitative estimate of drug-likeness (QED) is 0.469. The first-order valence-corrected chi connectivity index (χ1v) is 11.9. The Kier molecular flexibility index (Phi) is 6.79. The van der Waals surface area contributed by atoms with Crippen molar-refractivity contribution in [1.82, 2.24) is 14.4 Å². The van der Waals surface area contributed by atoms with Crippen LogP contribution in [-0.4, -0.2) is 66.5 Å². The van der Waals surface area contributed by atoms with Crippen molar-refractivity contribution in [3.63, 3.8) is 0 Å². The summed E-state index contributed by atoms with van der Waals surface area (Å²) in [6.07, 6.45) is 3.72. The van der Waals surface area contributed by atoms with Gasteiger partial charge in [0, 0.05) is 44.4 Å². The number of nitrogens with zero attached hydrogens (tertiary/aromatic N) is 3. The van der Waals surface area contributed by atoms with E-state index in [4.69, 9.17) is 9.47 Å². The molecule has 4 rings (SSSR count). The number of rotatable bonds is 7. The highest BCUT2D eigenvalue weighted by Crippen LogP contribution is 2.42. The van der Waals surface area contributed by atoms with Gasteiger partial charge in [-0.15, -0.1) is 0 Å². The number of unbranched alkanes of at least 4 members (excludes halogenated alkanes) is 1. The van der Waals surface area contributed by atoms with Gasteiger partial charge in [-0.3, -0.25) is 14.5 Å². The molecular weight excluding hydrogens is 418 g/mol. The number of ketones is 1. The number of likely N-dealkylation sites (N-methyl/N-ethyl adjacent to an activating group) is 1. The van der Waals surface area contributed by atoms with Crippen LogP contribution in [-0.2, 0) is 12.1 Å². The molecule has 2 aliphatic heterocycles. The number of hydrogen-bond acceptors (Lipinski definition) is 5. The minimum atomic E-state index is -0.141. The Bertz CT molecular complexity index is 1020. The van der Waals surface area contributed by atoms with Crippen molar-refractivity contribution in [3.8, 4) is 11.5 Å². The van der Waals surface area contributed by atoms with E-state index in [2.05, 4.69) is 29.5 Å². The molecule has 7 nitrogen and oxygen atoms in total. The second-order valence-corrected chi connectivity index (χ2v) is 9.12. The summed E-state index contributed by atoms with van der Waals surface area (Å²) in [4.78, 5) is 29.7. The van der Waals surface area contributed by atoms with E-state index in [1.165, 1.54) is 5.69 Å². The van der Waals surface area contributed by atoms with Gasteiger partial charge < -0.3 is 18.9 Å². The number of benzene rings is 1. The molecule has 0 atom stereocenters. The Morgan fingerprint density at radius 2 is 1.79 bits per heavy atom. The Hall–Kier alpha value is -2.80. The average Bonchev–Trinajstić information content (AvgIpc) is 3.27. The number of amides is 1. The van der Waals surface area contributed by atoms with Gasteiger partial charge in [-0.2, -0.15) is 0 Å². The molecule has 0 N–H and O–H groups in total. The molecule has 0 aliphatic carbocycles. The lowest BCUT2D eigenvalue weighted by atomic mass is 9.81. The van der Waals surface area contributed by atoms with Crippen LogP contribution < -0.4 is 9.47 Å². The van der Waals surface area contributed by atoms with Gasteiger partial charge in [0.2, 0.25) is 0 Å². The van der Waals surface area contributed by atoms with Crippen LogP contribution in [0.4, 0.5) is 0 Å². The number of Topliss-reactive ketones (excluding diaryl/α,β-unsaturated/α-hetero) is 1. The third-order valence-corrected chi connectivity index (χ3v) is 7.25. The van der Waals surface area contributed by atoms with Crippen LogP contribution in [0.5, 0.6) is 11.5 Å². The molecule has 1 spiro atoms. The smallest absolute Gasteiger partial charge is 0.253 e. The van der Waals surface area contributed by atoms with E-state index in [0.29, 0.717) is 36.8 Å². The third-order valence-electron chi connectivity index (χ3n) is 7.25. The number of methoxy groups -OCH3 is 1. The van der Waals surface area contributed by atoms with Crippen molar-refractivity contribution in [2.24, 2.45) is 0 Å². The van der Waals surface area contributed by atoms with Gasteiger partial charge in [-0.1, -0.05) is 13.3 Å². The molecule has 3 heterocycles. The minimum absolute atomic E-state index is 0.0153. The molecular formula is C26H35N3O4. The van der Waals surface area contributed by atoms with Crippen LogP contribution in [0.25, 0.3) is 0 Å². The summed E-state index contributed by atoms with van der Waals surface area (Å²) >= 11 is 0. The predicted octanol–water partition coefficient (Wildman–Crippen LogP) is 3.96. The number of piperidine rings is 1. The van der Waals surface area contributed by atoms with Crippen molar-refractivity contribution < 1.29 is 19.1 Å². The second kappa shape index (κ2) is 9.59. The number of carbonyl (C=O) groups is 2. The van der Waals surface area contributed by atoms with Gasteiger partial charge in [0.15, 0.2) is 17.3 Å². The van der Waals surface area contributed by atoms with E-state index in [0.717, 1.165) is 44.5 Å². The van der Waals surface area contributed by atoms with Crippen molar-refractivity contribution >= 4 is 11.7 Å². The summed E-state index contributed by atoms with van der Waals surface area (Å²) in [5.74, 6) is 1.38. The SMILES string of the molecule is CCCCOc1ccc(C(=O)N2CCC3(CC2)c2ccc(C(C)=O)n2CCN3C)cc1OC. The minimum Gasteiger partial charge on any atom is -0.493 e. The van der Waals surface area contributed by atoms with E-state index in [9.17, 15) is 9.59 Å². The molecule has 1 aromatic heterocycles. The summed E-state index contributed by atoms with van der Waals surface area (Å²) < 4.78 is 13.5. The first kappa shape index (κ1) is 23.4. The highest BCUT2D eigenvalue weighted by atomic mass is 16.5. The number of fused-ring (bicyclic) bond motifs is 2. The van der Waals surface area contributed by atoms with Crippen LogP contribution in [0.2, 0.25) is 0 Å². The third kappa shape index (κ3) is 4.26. The molecule has 2 aromatic rings. The van der Waals surface area contributed by atoms with Crippen LogP contribution in [0.1, 0.15) is 66.1 Å². The normalized spacial score (nSPS) is 17.6. The van der Waals surface area contributed by atoms with E-state index in [1.54, 1.807) is 20.1 Å². The Labute approximate surface area is 196 Å². The number of aromatic nitrogens is 1. The fourth-order valence-electron chi connectivity index (χ4n) is 5.23. The van der Waals surface area contributed by atoms with E-state index >= 15 is 0 Å². The molecule has 33 heavy (non-hydrogen) atoms. The first-order valence-electron chi connectivity index (χ1n) is 11.9. The van der Waals surface area contributed by atoms with E-state index < -0.39 is 0 Å². The van der Waals surface area contributed by atoms with Crippen molar-refractivity contribution in [2.45, 2.75) is 51.6 Å². The van der Waals surface area contributed by atoms with Gasteiger partial charge in [0.25, 0.3) is 5.91 Å². The summed E-state index contributed by atoms with van der Waals surface area (Å²) in [6, 6.07) is 9.50. The first-order chi connectivity index (χ1) is 15.9. The molecule has 1 fully saturated rings. The fourth-order valence-corrected chi connectivity index (χ4v) is 5.23. The lowest BCUT2D eigenvalue weighted by molar-refractivity contribution is 0.0128. The van der Waals surface area contributed by atoms with Crippen molar-refractivity contribution in [3.05, 3.63) is 47.3 Å². The average molecular weight is 454 g/mol. The maximum absolute atomic E-state index is 13.3. The molecule has 1 aromatic carbocycles. The Morgan fingerprint density at radius 1 is 1.03 bits per heavy atom. The predicted molar refractivity (Wildman–Crippen MR) is 127 cm³/mol. The molecule has 1 amide bonds. The number of likely N-dealkylation sites (tertiary alicyclic amines) is 1. The second-order valence-electron chi connectivity index (χ2n) is 9.12. The number of hydrogen-bond donors (Lipinski definition) is 0. The molecule has 0 radical (unpaired) electrons. The zero-order chi connectivity index (χ0) is 23.6. The van der Waals surface area contributed by atoms with Crippen molar-refractivity contribution in [1.29, 1.82) is 0 Å². The lowest BCUT2D eigenvalue weighted by Crippen LogP contribution is -2.56. The van der Waals surface area contributed by atoms with Gasteiger partial charge >= 0.3 is 0 Å². The van der Waals surface area contributed by atoms with Crippen LogP contribution in [0, 0.1) is 0 Å². The van der Waals surface area contributed by atoms with E-state index in [-0.39, 0.29) is 17.2 Å². The summed E-state index contributed by atoms with van der Waals surface area (Å²) in [7, 11) is 3.76. The summed E-state index contributed by atoms with van der Waals surface area (Å²) in [5.41, 5.74) is 2.45. The molecule has 0 unspecified atom stereocenters. The van der Waals surface area contributed by atoms with Gasteiger partial charge in [0.1, 0.15) is 0 Å². The molecule has 0 bridgehead atoms. The highest BCUT2D eigenvalue weighted by Gasteiger charge is 2.45. The van der Waals surface area contributed by atoms with Gasteiger partial charge in [0.05, 0.1) is 24.9 Å². The van der Waals surface area contributed by atoms with Gasteiger partial charge in [-0.25, -0.2) is 0 Å². The molecule has 1 saturated heterocycles. The van der Waals surface area contributed by atoms with Crippen LogP contribution in [0.15, 0.2) is 30.3 Å². The zero-order valence-electron chi connectivity index (χ0n) is 20.2. The fraction of sp³-hybridized carbons (Fsp3) is 0.538. The standard InChI is InChI=1S/C26H35N3O4/c1-5-6-17-33-22-9-7-20(18-23(22)32-4)25(31)28-13-11-26(12-14-28)24-10-8-21(19(2)30)29(24)16-15-27(26)3/h7-10,18H,5-6,11-17H2,1-4H3. The largest absolute Gasteiger partial charge is 0.493 e. The lowest BCUT2D eigenvalue weighted by Gasteiger charge is -2.50. The van der Waals surface area contributed by atoms with E-state index in [1.807, 2.05) is 23.1 Å². The topological polar surface area (TPSA) is 64.0 Å². The summed E-state index contributed by atoms with van der Waals surface area (Å²) in [6.45, 7) is 7.44. The molecule has 7 heteroatoms. The Balaban J connectivity index is 1.49. The number of ether oxygens (including phenoxy) is 2. The highest BCUT2D eigenvalue weighted by molar-refractivity contribution is 5.95. The molecule has 2 aliphatic rings. The van der Waals surface area contributed by atoms with Crippen LogP contribution in [0.3, 0.4) is 0 Å². The maximum atomic E-state index is 13.3. The molecule has 0 saturated carbocycles. The zero-order valence-corrected chi connectivity index (χ0v) is 20.2. The monoisotopic (exact) mass is 453 g/mol. The number of carbonyl (C=O) groups excluding carboxylic acids is 2. The van der Waals surface area contributed by atoms with Crippen molar-refractivity contribution in [2.75, 3.05) is 40.4 Å². The maximum Gasteiger partial charge on any atom is 0.253 e. The van der Waals surface area contributed by atoms with Crippen LogP contribution >= 0.6 is 0 Å². The molecule has 178 valence electrons. The van der Waals surface area contributed by atoms with Gasteiger partial charge in [-0.05, 0) is 56.6 Å².